The Morgan fingerprint density at radius 3 is 2.71 bits per heavy atom. The minimum absolute atomic E-state index is 0.0857. The van der Waals surface area contributed by atoms with Gasteiger partial charge in [-0.15, -0.1) is 0 Å². The number of amides is 1. The van der Waals surface area contributed by atoms with Gasteiger partial charge in [0.05, 0.1) is 11.3 Å². The number of nitrogens with one attached hydrogen (secondary N) is 1. The molecule has 1 atom stereocenters. The van der Waals surface area contributed by atoms with Gasteiger partial charge in [-0.05, 0) is 12.0 Å². The molecular weight excluding hydrogens is 276 g/mol. The molecule has 7 heteroatoms. The van der Waals surface area contributed by atoms with Crippen molar-refractivity contribution in [2.45, 2.75) is 38.6 Å². The standard InChI is InChI=1S/C14H18N2O5/c1-2-3-7-12(14(18)19)15-13(17)9-10-5-4-6-11(8-10)16(20)21/h4-6,8,12H,2-3,7,9H2,1H3,(H,15,17)(H,18,19). The third-order valence-electron chi connectivity index (χ3n) is 2.97. The minimum atomic E-state index is -1.07. The van der Waals surface area contributed by atoms with Crippen LogP contribution in [-0.2, 0) is 16.0 Å². The Kier molecular flexibility index (Phi) is 6.32. The lowest BCUT2D eigenvalue weighted by molar-refractivity contribution is -0.384. The normalized spacial score (nSPS) is 11.7. The zero-order valence-corrected chi connectivity index (χ0v) is 11.7. The van der Waals surface area contributed by atoms with Crippen LogP contribution in [0, 0.1) is 10.1 Å². The van der Waals surface area contributed by atoms with E-state index in [0.29, 0.717) is 18.4 Å². The van der Waals surface area contributed by atoms with Crippen molar-refractivity contribution in [3.8, 4) is 0 Å². The van der Waals surface area contributed by atoms with Crippen molar-refractivity contribution < 1.29 is 19.6 Å². The van der Waals surface area contributed by atoms with Gasteiger partial charge in [-0.25, -0.2) is 4.79 Å². The Balaban J connectivity index is 2.65. The van der Waals surface area contributed by atoms with Crippen LogP contribution in [0.25, 0.3) is 0 Å². The number of unbranched alkanes of at least 4 members (excludes halogenated alkanes) is 1. The predicted octanol–water partition coefficient (Wildman–Crippen LogP) is 1.90. The number of carbonyl (C=O) groups excluding carboxylic acids is 1. The van der Waals surface area contributed by atoms with Crippen LogP contribution in [0.15, 0.2) is 24.3 Å². The molecule has 0 aliphatic carbocycles. The molecule has 7 nitrogen and oxygen atoms in total. The van der Waals surface area contributed by atoms with Crippen LogP contribution in [0.1, 0.15) is 31.7 Å². The van der Waals surface area contributed by atoms with Crippen molar-refractivity contribution in [1.29, 1.82) is 0 Å². The first-order valence-electron chi connectivity index (χ1n) is 6.69. The van der Waals surface area contributed by atoms with Gasteiger partial charge in [0, 0.05) is 12.1 Å². The lowest BCUT2D eigenvalue weighted by Crippen LogP contribution is -2.41. The van der Waals surface area contributed by atoms with Gasteiger partial charge in [-0.1, -0.05) is 31.9 Å². The summed E-state index contributed by atoms with van der Waals surface area (Å²) in [5, 5.41) is 22.1. The number of carboxylic acids is 1. The highest BCUT2D eigenvalue weighted by Gasteiger charge is 2.19. The van der Waals surface area contributed by atoms with Gasteiger partial charge in [0.2, 0.25) is 5.91 Å². The van der Waals surface area contributed by atoms with E-state index in [4.69, 9.17) is 5.11 Å². The number of rotatable bonds is 8. The average Bonchev–Trinajstić information content (AvgIpc) is 2.43. The fourth-order valence-corrected chi connectivity index (χ4v) is 1.88. The summed E-state index contributed by atoms with van der Waals surface area (Å²) in [6.45, 7) is 1.93. The molecule has 0 saturated carbocycles. The van der Waals surface area contributed by atoms with Crippen LogP contribution in [0.3, 0.4) is 0 Å². The number of carbonyl (C=O) groups is 2. The van der Waals surface area contributed by atoms with Gasteiger partial charge in [0.15, 0.2) is 0 Å². The third-order valence-corrected chi connectivity index (χ3v) is 2.97. The van der Waals surface area contributed by atoms with Gasteiger partial charge in [-0.3, -0.25) is 14.9 Å². The second-order valence-corrected chi connectivity index (χ2v) is 4.70. The van der Waals surface area contributed by atoms with Crippen LogP contribution in [0.2, 0.25) is 0 Å². The summed E-state index contributed by atoms with van der Waals surface area (Å²) in [5.74, 6) is -1.53. The molecule has 1 amide bonds. The Labute approximate surface area is 122 Å². The van der Waals surface area contributed by atoms with Crippen LogP contribution in [-0.4, -0.2) is 27.9 Å². The summed E-state index contributed by atoms with van der Waals surface area (Å²) in [4.78, 5) is 33.0. The second kappa shape index (κ2) is 7.98. The summed E-state index contributed by atoms with van der Waals surface area (Å²) in [6.07, 6.45) is 1.82. The summed E-state index contributed by atoms with van der Waals surface area (Å²) >= 11 is 0. The van der Waals surface area contributed by atoms with Crippen LogP contribution in [0.4, 0.5) is 5.69 Å². The van der Waals surface area contributed by atoms with Gasteiger partial charge < -0.3 is 10.4 Å². The zero-order chi connectivity index (χ0) is 15.8. The molecule has 21 heavy (non-hydrogen) atoms. The molecule has 0 saturated heterocycles. The van der Waals surface area contributed by atoms with Crippen LogP contribution in [0.5, 0.6) is 0 Å². The molecule has 0 spiro atoms. The molecule has 0 heterocycles. The summed E-state index contributed by atoms with van der Waals surface area (Å²) in [7, 11) is 0. The molecule has 1 aromatic carbocycles. The maximum atomic E-state index is 11.8. The monoisotopic (exact) mass is 294 g/mol. The number of benzene rings is 1. The number of carboxylic acid groups (broad SMARTS) is 1. The number of nitrogens with zero attached hydrogens (tertiary/aromatic N) is 1. The molecule has 0 aromatic heterocycles. The zero-order valence-electron chi connectivity index (χ0n) is 11.7. The summed E-state index contributed by atoms with van der Waals surface area (Å²) in [6, 6.07) is 4.81. The fraction of sp³-hybridized carbons (Fsp3) is 0.429. The van der Waals surface area contributed by atoms with Gasteiger partial charge in [0.1, 0.15) is 6.04 Å². The van der Waals surface area contributed by atoms with Crippen molar-refractivity contribution in [3.63, 3.8) is 0 Å². The van der Waals surface area contributed by atoms with E-state index in [0.717, 1.165) is 6.42 Å². The van der Waals surface area contributed by atoms with Crippen molar-refractivity contribution in [2.24, 2.45) is 0 Å². The van der Waals surface area contributed by atoms with E-state index in [1.807, 2.05) is 6.92 Å². The van der Waals surface area contributed by atoms with Crippen LogP contribution >= 0.6 is 0 Å². The molecule has 0 aliphatic heterocycles. The van der Waals surface area contributed by atoms with Gasteiger partial charge in [0.25, 0.3) is 5.69 Å². The van der Waals surface area contributed by atoms with E-state index in [-0.39, 0.29) is 12.1 Å². The maximum absolute atomic E-state index is 11.8. The Hall–Kier alpha value is -2.44. The largest absolute Gasteiger partial charge is 0.480 e. The summed E-state index contributed by atoms with van der Waals surface area (Å²) < 4.78 is 0. The van der Waals surface area contributed by atoms with Crippen molar-refractivity contribution >= 4 is 17.6 Å². The van der Waals surface area contributed by atoms with Crippen molar-refractivity contribution in [2.75, 3.05) is 0 Å². The molecule has 0 aliphatic rings. The number of non-ortho nitro benzene ring substituents is 1. The van der Waals surface area contributed by atoms with Crippen LogP contribution < -0.4 is 5.32 Å². The van der Waals surface area contributed by atoms with Gasteiger partial charge >= 0.3 is 5.97 Å². The Morgan fingerprint density at radius 2 is 2.14 bits per heavy atom. The number of aliphatic carboxylic acids is 1. The smallest absolute Gasteiger partial charge is 0.326 e. The molecule has 114 valence electrons. The average molecular weight is 294 g/mol. The number of hydrogen-bond donors (Lipinski definition) is 2. The van der Waals surface area contributed by atoms with Crippen molar-refractivity contribution in [3.05, 3.63) is 39.9 Å². The quantitative estimate of drug-likeness (QED) is 0.562. The molecule has 0 fully saturated rings. The first-order valence-corrected chi connectivity index (χ1v) is 6.69. The van der Waals surface area contributed by atoms with E-state index in [1.54, 1.807) is 6.07 Å². The van der Waals surface area contributed by atoms with Crippen molar-refractivity contribution in [1.82, 2.24) is 5.32 Å². The predicted molar refractivity (Wildman–Crippen MR) is 75.9 cm³/mol. The topological polar surface area (TPSA) is 110 Å². The SMILES string of the molecule is CCCCC(NC(=O)Cc1cccc([N+](=O)[O-])c1)C(=O)O. The molecular formula is C14H18N2O5. The van der Waals surface area contributed by atoms with Gasteiger partial charge in [-0.2, -0.15) is 0 Å². The number of hydrogen-bond acceptors (Lipinski definition) is 4. The van der Waals surface area contributed by atoms with E-state index in [1.165, 1.54) is 18.2 Å². The molecule has 1 unspecified atom stereocenters. The highest BCUT2D eigenvalue weighted by Crippen LogP contribution is 2.13. The molecule has 0 bridgehead atoms. The number of nitro groups is 1. The lowest BCUT2D eigenvalue weighted by Gasteiger charge is -2.14. The van der Waals surface area contributed by atoms with E-state index < -0.39 is 22.8 Å². The fourth-order valence-electron chi connectivity index (χ4n) is 1.88. The van der Waals surface area contributed by atoms with E-state index in [9.17, 15) is 19.7 Å². The Bertz CT molecular complexity index is 530. The number of nitro benzene ring substituents is 1. The first-order chi connectivity index (χ1) is 9.93. The van der Waals surface area contributed by atoms with E-state index in [2.05, 4.69) is 5.32 Å². The second-order valence-electron chi connectivity index (χ2n) is 4.70. The van der Waals surface area contributed by atoms with E-state index >= 15 is 0 Å². The highest BCUT2D eigenvalue weighted by atomic mass is 16.6. The first kappa shape index (κ1) is 16.6. The lowest BCUT2D eigenvalue weighted by atomic mass is 10.1. The maximum Gasteiger partial charge on any atom is 0.326 e. The highest BCUT2D eigenvalue weighted by molar-refractivity contribution is 5.84. The minimum Gasteiger partial charge on any atom is -0.480 e. The Morgan fingerprint density at radius 1 is 1.43 bits per heavy atom. The summed E-state index contributed by atoms with van der Waals surface area (Å²) in [5.41, 5.74) is 0.377. The molecule has 1 rings (SSSR count). The molecule has 1 aromatic rings. The molecule has 0 radical (unpaired) electrons. The third kappa shape index (κ3) is 5.60. The molecule has 2 N–H and O–H groups in total.